The fourth-order valence-electron chi connectivity index (χ4n) is 4.04. The average Bonchev–Trinajstić information content (AvgIpc) is 3.17. The summed E-state index contributed by atoms with van der Waals surface area (Å²) >= 11 is 11.2. The summed E-state index contributed by atoms with van der Waals surface area (Å²) in [6.45, 7) is 3.65. The third-order valence-electron chi connectivity index (χ3n) is 5.57. The maximum absolute atomic E-state index is 13.9. The van der Waals surface area contributed by atoms with Crippen LogP contribution < -0.4 is 24.4 Å². The largest absolute Gasteiger partial charge is 0.493 e. The summed E-state index contributed by atoms with van der Waals surface area (Å²) in [6, 6.07) is 9.83. The quantitative estimate of drug-likeness (QED) is 0.299. The molecule has 37 heavy (non-hydrogen) atoms. The lowest BCUT2D eigenvalue weighted by Crippen LogP contribution is -2.40. The van der Waals surface area contributed by atoms with Gasteiger partial charge in [0, 0.05) is 15.1 Å². The van der Waals surface area contributed by atoms with Crippen LogP contribution in [0, 0.1) is 12.3 Å². The summed E-state index contributed by atoms with van der Waals surface area (Å²) in [7, 11) is 1.52. The van der Waals surface area contributed by atoms with E-state index >= 15 is 0 Å². The second-order valence-electron chi connectivity index (χ2n) is 7.84. The number of aromatic nitrogens is 1. The summed E-state index contributed by atoms with van der Waals surface area (Å²) in [6.07, 6.45) is 7.08. The van der Waals surface area contributed by atoms with Crippen molar-refractivity contribution in [3.63, 3.8) is 0 Å². The van der Waals surface area contributed by atoms with E-state index in [-0.39, 0.29) is 24.3 Å². The van der Waals surface area contributed by atoms with Gasteiger partial charge in [0.15, 0.2) is 16.3 Å². The van der Waals surface area contributed by atoms with E-state index in [1.54, 1.807) is 56.3 Å². The van der Waals surface area contributed by atoms with Crippen LogP contribution in [0.4, 0.5) is 0 Å². The van der Waals surface area contributed by atoms with E-state index < -0.39 is 12.0 Å². The standard InChI is InChI=1S/C27H22BrClN2O5S/c1-5-11-36-24-16(12-17(28)14-20(24)34-4)13-21-25(32)31-23(18-9-7-8-10-19(18)29)22(26(33)35-6-2)15(3)30-27(31)37-21/h1,7-10,12-14,23H,6,11H2,2-4H3/t23-/m1/s1. The molecule has 1 atom stereocenters. The molecule has 0 N–H and O–H groups in total. The second kappa shape index (κ2) is 11.4. The molecule has 0 saturated carbocycles. The molecule has 10 heteroatoms. The van der Waals surface area contributed by atoms with Gasteiger partial charge in [0.1, 0.15) is 12.6 Å². The summed E-state index contributed by atoms with van der Waals surface area (Å²) in [5.41, 5.74) is 1.55. The van der Waals surface area contributed by atoms with Gasteiger partial charge in [-0.1, -0.05) is 63.0 Å². The molecule has 0 bridgehead atoms. The highest BCUT2D eigenvalue weighted by molar-refractivity contribution is 9.10. The summed E-state index contributed by atoms with van der Waals surface area (Å²) in [4.78, 5) is 31.9. The van der Waals surface area contributed by atoms with Gasteiger partial charge in [-0.05, 0) is 43.7 Å². The topological polar surface area (TPSA) is 79.1 Å². The van der Waals surface area contributed by atoms with Crippen LogP contribution in [0.2, 0.25) is 5.02 Å². The summed E-state index contributed by atoms with van der Waals surface area (Å²) < 4.78 is 19.1. The molecule has 0 amide bonds. The predicted octanol–water partition coefficient (Wildman–Crippen LogP) is 4.23. The third-order valence-corrected chi connectivity index (χ3v) is 7.36. The Bertz CT molecular complexity index is 1630. The van der Waals surface area contributed by atoms with Crippen LogP contribution in [-0.4, -0.2) is 30.9 Å². The first-order chi connectivity index (χ1) is 17.8. The van der Waals surface area contributed by atoms with Crippen LogP contribution in [0.15, 0.2) is 61.9 Å². The van der Waals surface area contributed by atoms with E-state index in [1.807, 2.05) is 0 Å². The Labute approximate surface area is 230 Å². The molecule has 2 heterocycles. The minimum Gasteiger partial charge on any atom is -0.493 e. The minimum absolute atomic E-state index is 0.0225. The SMILES string of the molecule is C#CCOc1c(C=c2sc3n(c2=O)[C@H](c2ccccc2Cl)C(C(=O)OCC)=C(C)N=3)cc(Br)cc1OC. The first-order valence-electron chi connectivity index (χ1n) is 11.2. The molecule has 0 aliphatic carbocycles. The van der Waals surface area contributed by atoms with E-state index in [2.05, 4.69) is 26.8 Å². The molecule has 0 radical (unpaired) electrons. The summed E-state index contributed by atoms with van der Waals surface area (Å²) in [5, 5.41) is 0.417. The number of carbonyl (C=O) groups is 1. The third kappa shape index (κ3) is 5.23. The maximum atomic E-state index is 13.9. The number of benzene rings is 2. The van der Waals surface area contributed by atoms with Gasteiger partial charge in [-0.2, -0.15) is 0 Å². The smallest absolute Gasteiger partial charge is 0.338 e. The molecule has 1 aromatic heterocycles. The number of rotatable bonds is 7. The lowest BCUT2D eigenvalue weighted by atomic mass is 9.96. The molecular weight excluding hydrogens is 580 g/mol. The fraction of sp³-hybridized carbons (Fsp3) is 0.222. The molecule has 1 aliphatic rings. The molecule has 2 aromatic carbocycles. The first-order valence-corrected chi connectivity index (χ1v) is 13.2. The van der Waals surface area contributed by atoms with Gasteiger partial charge in [-0.15, -0.1) is 6.42 Å². The van der Waals surface area contributed by atoms with Crippen molar-refractivity contribution >= 4 is 50.9 Å². The Morgan fingerprint density at radius 1 is 1.35 bits per heavy atom. The number of ether oxygens (including phenoxy) is 3. The van der Waals surface area contributed by atoms with Crippen molar-refractivity contribution < 1.29 is 19.0 Å². The fourth-order valence-corrected chi connectivity index (χ4v) is 5.77. The number of carbonyl (C=O) groups excluding carboxylic acids is 1. The zero-order valence-corrected chi connectivity index (χ0v) is 23.4. The number of hydrogen-bond acceptors (Lipinski definition) is 7. The van der Waals surface area contributed by atoms with Gasteiger partial charge < -0.3 is 14.2 Å². The predicted molar refractivity (Wildman–Crippen MR) is 147 cm³/mol. The van der Waals surface area contributed by atoms with Crippen molar-refractivity contribution in [2.75, 3.05) is 20.3 Å². The van der Waals surface area contributed by atoms with Crippen LogP contribution in [0.1, 0.15) is 31.0 Å². The Kier molecular flexibility index (Phi) is 8.22. The minimum atomic E-state index is -0.805. The Morgan fingerprint density at radius 2 is 2.11 bits per heavy atom. The van der Waals surface area contributed by atoms with Crippen LogP contribution in [0.5, 0.6) is 11.5 Å². The molecule has 1 aliphatic heterocycles. The number of terminal acetylenes is 1. The Morgan fingerprint density at radius 3 is 2.78 bits per heavy atom. The van der Waals surface area contributed by atoms with Crippen molar-refractivity contribution in [1.29, 1.82) is 0 Å². The van der Waals surface area contributed by atoms with Crippen LogP contribution in [0.25, 0.3) is 6.08 Å². The molecular formula is C27H22BrClN2O5S. The van der Waals surface area contributed by atoms with Gasteiger partial charge in [0.25, 0.3) is 5.56 Å². The van der Waals surface area contributed by atoms with Crippen molar-refractivity contribution in [3.05, 3.63) is 88.0 Å². The highest BCUT2D eigenvalue weighted by Crippen LogP contribution is 2.36. The number of nitrogens with zero attached hydrogens (tertiary/aromatic N) is 2. The van der Waals surface area contributed by atoms with Gasteiger partial charge in [0.05, 0.1) is 29.5 Å². The monoisotopic (exact) mass is 600 g/mol. The van der Waals surface area contributed by atoms with Crippen LogP contribution in [-0.2, 0) is 9.53 Å². The molecule has 3 aromatic rings. The maximum Gasteiger partial charge on any atom is 0.338 e. The van der Waals surface area contributed by atoms with Gasteiger partial charge >= 0.3 is 5.97 Å². The van der Waals surface area contributed by atoms with Crippen molar-refractivity contribution in [2.24, 2.45) is 4.99 Å². The molecule has 0 unspecified atom stereocenters. The molecule has 7 nitrogen and oxygen atoms in total. The Hall–Kier alpha value is -3.32. The van der Waals surface area contributed by atoms with Gasteiger partial charge in [0.2, 0.25) is 0 Å². The van der Waals surface area contributed by atoms with E-state index in [9.17, 15) is 9.59 Å². The lowest BCUT2D eigenvalue weighted by molar-refractivity contribution is -0.139. The summed E-state index contributed by atoms with van der Waals surface area (Å²) in [5.74, 6) is 2.75. The van der Waals surface area contributed by atoms with Crippen molar-refractivity contribution in [3.8, 4) is 23.8 Å². The number of allylic oxidation sites excluding steroid dienone is 1. The van der Waals surface area contributed by atoms with Crippen molar-refractivity contribution in [1.82, 2.24) is 4.57 Å². The van der Waals surface area contributed by atoms with Crippen LogP contribution >= 0.6 is 38.9 Å². The molecule has 190 valence electrons. The number of hydrogen-bond donors (Lipinski definition) is 0. The van der Waals surface area contributed by atoms with E-state index in [4.69, 9.17) is 32.2 Å². The van der Waals surface area contributed by atoms with Gasteiger partial charge in [-0.3, -0.25) is 9.36 Å². The highest BCUT2D eigenvalue weighted by atomic mass is 79.9. The molecule has 0 spiro atoms. The number of halogens is 2. The zero-order chi connectivity index (χ0) is 26.7. The van der Waals surface area contributed by atoms with Crippen molar-refractivity contribution in [2.45, 2.75) is 19.9 Å². The zero-order valence-electron chi connectivity index (χ0n) is 20.2. The van der Waals surface area contributed by atoms with Gasteiger partial charge in [-0.25, -0.2) is 9.79 Å². The molecule has 4 rings (SSSR count). The second-order valence-corrected chi connectivity index (χ2v) is 10.2. The number of fused-ring (bicyclic) bond motifs is 1. The van der Waals surface area contributed by atoms with E-state index in [0.29, 0.717) is 42.7 Å². The van der Waals surface area contributed by atoms with E-state index in [1.165, 1.54) is 23.0 Å². The highest BCUT2D eigenvalue weighted by Gasteiger charge is 2.34. The average molecular weight is 602 g/mol. The molecule has 0 saturated heterocycles. The number of thiazole rings is 1. The van der Waals surface area contributed by atoms with Crippen LogP contribution in [0.3, 0.4) is 0 Å². The normalized spacial score (nSPS) is 15.0. The Balaban J connectivity index is 1.99. The number of esters is 1. The first kappa shape index (κ1) is 26.7. The number of methoxy groups -OCH3 is 1. The van der Waals surface area contributed by atoms with E-state index in [0.717, 1.165) is 4.47 Å². The lowest BCUT2D eigenvalue weighted by Gasteiger charge is -2.25. The molecule has 0 fully saturated rings.